The van der Waals surface area contributed by atoms with Crippen molar-refractivity contribution in [3.8, 4) is 11.1 Å². The van der Waals surface area contributed by atoms with Gasteiger partial charge in [-0.3, -0.25) is 4.79 Å². The van der Waals surface area contributed by atoms with Crippen LogP contribution in [0.2, 0.25) is 5.02 Å². The molecule has 1 aliphatic rings. The van der Waals surface area contributed by atoms with Crippen molar-refractivity contribution in [1.29, 1.82) is 0 Å². The molecule has 0 aliphatic carbocycles. The van der Waals surface area contributed by atoms with E-state index in [9.17, 15) is 18.0 Å². The molecule has 0 saturated carbocycles. The van der Waals surface area contributed by atoms with E-state index in [-0.39, 0.29) is 19.1 Å². The average molecular weight is 466 g/mol. The first-order valence-electron chi connectivity index (χ1n) is 9.84. The molecule has 7 nitrogen and oxygen atoms in total. The summed E-state index contributed by atoms with van der Waals surface area (Å²) >= 11 is 6.02. The van der Waals surface area contributed by atoms with Crippen molar-refractivity contribution < 1.29 is 22.4 Å². The Morgan fingerprint density at radius 1 is 1.22 bits per heavy atom. The standard InChI is InChI=1S/C21H19ClF3N5O2/c22-14-2-1-3-16(10-14)28-20-26-11-17(13-6-9-32-12-13)18(29-20)27-15-4-7-30(8-5-15)19(31)21(23,24)25/h1-3,6,9-12,15H,4-5,7-8H2,(H2,26,27,28,29). The van der Waals surface area contributed by atoms with Crippen LogP contribution in [-0.2, 0) is 4.79 Å². The van der Waals surface area contributed by atoms with Crippen LogP contribution in [0.3, 0.4) is 0 Å². The lowest BCUT2D eigenvalue weighted by Crippen LogP contribution is -2.47. The summed E-state index contributed by atoms with van der Waals surface area (Å²) in [6, 6.07) is 8.69. The van der Waals surface area contributed by atoms with Gasteiger partial charge in [0.25, 0.3) is 0 Å². The Morgan fingerprint density at radius 3 is 2.66 bits per heavy atom. The fourth-order valence-electron chi connectivity index (χ4n) is 3.48. The highest BCUT2D eigenvalue weighted by molar-refractivity contribution is 6.30. The number of nitrogens with zero attached hydrogens (tertiary/aromatic N) is 3. The Morgan fingerprint density at radius 2 is 2.00 bits per heavy atom. The van der Waals surface area contributed by atoms with Gasteiger partial charge < -0.3 is 20.0 Å². The summed E-state index contributed by atoms with van der Waals surface area (Å²) in [5, 5.41) is 6.94. The zero-order chi connectivity index (χ0) is 22.7. The number of furan rings is 1. The van der Waals surface area contributed by atoms with Gasteiger partial charge in [-0.1, -0.05) is 17.7 Å². The van der Waals surface area contributed by atoms with Crippen LogP contribution in [0.1, 0.15) is 12.8 Å². The minimum Gasteiger partial charge on any atom is -0.472 e. The molecule has 168 valence electrons. The van der Waals surface area contributed by atoms with Crippen molar-refractivity contribution in [3.05, 3.63) is 54.1 Å². The fourth-order valence-corrected chi connectivity index (χ4v) is 3.67. The van der Waals surface area contributed by atoms with E-state index in [0.717, 1.165) is 10.5 Å². The molecule has 3 heterocycles. The number of carbonyl (C=O) groups is 1. The van der Waals surface area contributed by atoms with Gasteiger partial charge in [-0.25, -0.2) is 4.98 Å². The number of hydrogen-bond donors (Lipinski definition) is 2. The molecule has 4 rings (SSSR count). The van der Waals surface area contributed by atoms with Crippen molar-refractivity contribution in [3.63, 3.8) is 0 Å². The number of alkyl halides is 3. The lowest BCUT2D eigenvalue weighted by Gasteiger charge is -2.33. The largest absolute Gasteiger partial charge is 0.472 e. The Bertz CT molecular complexity index is 1080. The number of rotatable bonds is 5. The summed E-state index contributed by atoms with van der Waals surface area (Å²) in [7, 11) is 0. The summed E-state index contributed by atoms with van der Waals surface area (Å²) in [6.07, 6.45) is 0.566. The number of piperidine rings is 1. The van der Waals surface area contributed by atoms with Crippen molar-refractivity contribution in [2.24, 2.45) is 0 Å². The van der Waals surface area contributed by atoms with Gasteiger partial charge in [0.2, 0.25) is 5.95 Å². The Labute approximate surface area is 186 Å². The van der Waals surface area contributed by atoms with Crippen LogP contribution in [0.15, 0.2) is 53.5 Å². The first-order valence-corrected chi connectivity index (χ1v) is 10.2. The second-order valence-corrected chi connectivity index (χ2v) is 7.75. The number of carbonyl (C=O) groups excluding carboxylic acids is 1. The lowest BCUT2D eigenvalue weighted by molar-refractivity contribution is -0.186. The number of aromatic nitrogens is 2. The first kappa shape index (κ1) is 21.9. The van der Waals surface area contributed by atoms with Gasteiger partial charge in [0.15, 0.2) is 0 Å². The van der Waals surface area contributed by atoms with Gasteiger partial charge in [-0.2, -0.15) is 18.2 Å². The van der Waals surface area contributed by atoms with Crippen molar-refractivity contribution in [1.82, 2.24) is 14.9 Å². The van der Waals surface area contributed by atoms with Crippen LogP contribution in [0.25, 0.3) is 11.1 Å². The first-order chi connectivity index (χ1) is 15.3. The zero-order valence-electron chi connectivity index (χ0n) is 16.7. The molecule has 2 N–H and O–H groups in total. The summed E-state index contributed by atoms with van der Waals surface area (Å²) < 4.78 is 43.2. The minimum atomic E-state index is -4.86. The molecule has 2 aromatic heterocycles. The third-order valence-corrected chi connectivity index (χ3v) is 5.30. The molecular weight excluding hydrogens is 447 g/mol. The molecule has 1 aromatic carbocycles. The number of anilines is 3. The summed E-state index contributed by atoms with van der Waals surface area (Å²) in [5.41, 5.74) is 2.15. The maximum absolute atomic E-state index is 12.7. The maximum atomic E-state index is 12.7. The van der Waals surface area contributed by atoms with E-state index in [4.69, 9.17) is 16.0 Å². The molecule has 32 heavy (non-hydrogen) atoms. The Kier molecular flexibility index (Phi) is 6.22. The number of nitrogens with one attached hydrogen (secondary N) is 2. The average Bonchev–Trinajstić information content (AvgIpc) is 3.28. The maximum Gasteiger partial charge on any atom is 0.471 e. The highest BCUT2D eigenvalue weighted by Crippen LogP contribution is 2.30. The minimum absolute atomic E-state index is 0.00968. The third-order valence-electron chi connectivity index (χ3n) is 5.07. The van der Waals surface area contributed by atoms with Crippen LogP contribution >= 0.6 is 11.6 Å². The van der Waals surface area contributed by atoms with Gasteiger partial charge >= 0.3 is 12.1 Å². The summed E-state index contributed by atoms with van der Waals surface area (Å²) in [5.74, 6) is -0.969. The lowest BCUT2D eigenvalue weighted by atomic mass is 10.0. The van der Waals surface area contributed by atoms with Gasteiger partial charge in [-0.15, -0.1) is 0 Å². The van der Waals surface area contributed by atoms with Crippen LogP contribution in [0.5, 0.6) is 0 Å². The molecule has 1 amide bonds. The van der Waals surface area contributed by atoms with Crippen LogP contribution in [0.4, 0.5) is 30.6 Å². The quantitative estimate of drug-likeness (QED) is 0.545. The van der Waals surface area contributed by atoms with E-state index in [2.05, 4.69) is 20.6 Å². The molecule has 0 atom stereocenters. The molecule has 1 saturated heterocycles. The second-order valence-electron chi connectivity index (χ2n) is 7.31. The number of benzene rings is 1. The number of halogens is 4. The van der Waals surface area contributed by atoms with Gasteiger partial charge in [0.05, 0.1) is 12.5 Å². The van der Waals surface area contributed by atoms with E-state index in [1.54, 1.807) is 36.7 Å². The van der Waals surface area contributed by atoms with E-state index < -0.39 is 12.1 Å². The number of likely N-dealkylation sites (tertiary alicyclic amines) is 1. The van der Waals surface area contributed by atoms with E-state index in [1.165, 1.54) is 6.26 Å². The van der Waals surface area contributed by atoms with Crippen molar-refractivity contribution in [2.75, 3.05) is 23.7 Å². The monoisotopic (exact) mass is 465 g/mol. The predicted molar refractivity (Wildman–Crippen MR) is 114 cm³/mol. The van der Waals surface area contributed by atoms with Gasteiger partial charge in [-0.05, 0) is 37.1 Å². The van der Waals surface area contributed by atoms with Crippen LogP contribution < -0.4 is 10.6 Å². The van der Waals surface area contributed by atoms with Crippen molar-refractivity contribution >= 4 is 35.0 Å². The normalized spacial score (nSPS) is 14.9. The van der Waals surface area contributed by atoms with Gasteiger partial charge in [0.1, 0.15) is 5.82 Å². The SMILES string of the molecule is O=C(N1CCC(Nc2nc(Nc3cccc(Cl)c3)ncc2-c2ccoc2)CC1)C(F)(F)F. The summed E-state index contributed by atoms with van der Waals surface area (Å²) in [4.78, 5) is 21.2. The highest BCUT2D eigenvalue weighted by Gasteiger charge is 2.43. The Hall–Kier alpha value is -3.27. The number of amides is 1. The van der Waals surface area contributed by atoms with Crippen LogP contribution in [-0.4, -0.2) is 46.1 Å². The fraction of sp³-hybridized carbons (Fsp3) is 0.286. The molecule has 11 heteroatoms. The number of hydrogen-bond acceptors (Lipinski definition) is 6. The molecular formula is C21H19ClF3N5O2. The van der Waals surface area contributed by atoms with Gasteiger partial charge in [0, 0.05) is 47.2 Å². The van der Waals surface area contributed by atoms with E-state index >= 15 is 0 Å². The van der Waals surface area contributed by atoms with E-state index in [0.29, 0.717) is 40.9 Å². The topological polar surface area (TPSA) is 83.3 Å². The zero-order valence-corrected chi connectivity index (χ0v) is 17.5. The molecule has 0 bridgehead atoms. The smallest absolute Gasteiger partial charge is 0.471 e. The molecule has 0 spiro atoms. The molecule has 0 unspecified atom stereocenters. The molecule has 1 fully saturated rings. The molecule has 3 aromatic rings. The summed E-state index contributed by atoms with van der Waals surface area (Å²) in [6.45, 7) is 0.0194. The second kappa shape index (κ2) is 9.07. The predicted octanol–water partition coefficient (Wildman–Crippen LogP) is 5.10. The van der Waals surface area contributed by atoms with Crippen LogP contribution in [0, 0.1) is 0 Å². The highest BCUT2D eigenvalue weighted by atomic mass is 35.5. The Balaban J connectivity index is 1.52. The van der Waals surface area contributed by atoms with Crippen molar-refractivity contribution in [2.45, 2.75) is 25.1 Å². The van der Waals surface area contributed by atoms with E-state index in [1.807, 2.05) is 6.07 Å². The molecule has 0 radical (unpaired) electrons. The third kappa shape index (κ3) is 5.13. The molecule has 1 aliphatic heterocycles.